The van der Waals surface area contributed by atoms with Crippen LogP contribution in [0.4, 0.5) is 5.69 Å². The average molecular weight is 627 g/mol. The van der Waals surface area contributed by atoms with Crippen LogP contribution in [0.5, 0.6) is 5.75 Å². The van der Waals surface area contributed by atoms with Crippen LogP contribution in [0.1, 0.15) is 59.3 Å². The first-order chi connectivity index (χ1) is 18.1. The number of ether oxygens (including phenoxy) is 2. The lowest BCUT2D eigenvalue weighted by Gasteiger charge is -2.48. The van der Waals surface area contributed by atoms with Gasteiger partial charge in [0.15, 0.2) is 0 Å². The Labute approximate surface area is 239 Å². The molecule has 210 valence electrons. The van der Waals surface area contributed by atoms with Crippen LogP contribution in [-0.2, 0) is 18.9 Å². The second-order valence-corrected chi connectivity index (χ2v) is 15.0. The number of rotatable bonds is 12. The minimum absolute atomic E-state index is 0.141. The monoisotopic (exact) mass is 625 g/mol. The lowest BCUT2D eigenvalue weighted by atomic mass is 9.80. The third-order valence-electron chi connectivity index (χ3n) is 7.05. The summed E-state index contributed by atoms with van der Waals surface area (Å²) in [5, 5.41) is 3.59. The van der Waals surface area contributed by atoms with Crippen molar-refractivity contribution in [3.63, 3.8) is 0 Å². The van der Waals surface area contributed by atoms with Gasteiger partial charge in [-0.05, 0) is 56.4 Å². The lowest BCUT2D eigenvalue weighted by Crippen LogP contribution is -2.45. The molecule has 2 aromatic rings. The van der Waals surface area contributed by atoms with Crippen LogP contribution in [0.25, 0.3) is 0 Å². The highest BCUT2D eigenvalue weighted by Crippen LogP contribution is 2.54. The summed E-state index contributed by atoms with van der Waals surface area (Å²) in [4.78, 5) is 13.3. The number of nitrogens with one attached hydrogen (secondary N) is 1. The van der Waals surface area contributed by atoms with Gasteiger partial charge in [0.2, 0.25) is 0 Å². The molecule has 2 N–H and O–H groups in total. The molecule has 0 radical (unpaired) electrons. The van der Waals surface area contributed by atoms with Crippen molar-refractivity contribution >= 4 is 48.7 Å². The van der Waals surface area contributed by atoms with Crippen molar-refractivity contribution in [2.75, 3.05) is 30.5 Å². The maximum Gasteiger partial charge on any atom is 0.333 e. The molecule has 0 bridgehead atoms. The number of carbonyl (C=O) groups excluding carboxylic acids is 1. The number of esters is 1. The number of halogens is 1. The van der Waals surface area contributed by atoms with Gasteiger partial charge < -0.3 is 14.8 Å². The fourth-order valence-electron chi connectivity index (χ4n) is 5.09. The summed E-state index contributed by atoms with van der Waals surface area (Å²) in [5.74, 6) is 0.0474. The van der Waals surface area contributed by atoms with E-state index in [1.54, 1.807) is 25.1 Å². The minimum atomic E-state index is -4.60. The Hall–Kier alpha value is -1.81. The maximum absolute atomic E-state index is 15.5. The Morgan fingerprint density at radius 3 is 2.39 bits per heavy atom. The topological polar surface area (TPSA) is 84.9 Å². The number of carbonyl (C=O) groups is 1. The van der Waals surface area contributed by atoms with Crippen LogP contribution in [-0.4, -0.2) is 39.9 Å². The fourth-order valence-corrected chi connectivity index (χ4v) is 9.63. The Morgan fingerprint density at radius 2 is 1.82 bits per heavy atom. The van der Waals surface area contributed by atoms with Gasteiger partial charge in [-0.3, -0.25) is 4.55 Å². The molecule has 0 unspecified atom stereocenters. The Morgan fingerprint density at radius 1 is 1.16 bits per heavy atom. The molecular formula is C29H40BrNO5S2. The van der Waals surface area contributed by atoms with Gasteiger partial charge in [-0.2, -0.15) is 4.21 Å². The van der Waals surface area contributed by atoms with E-state index in [4.69, 9.17) is 9.47 Å². The van der Waals surface area contributed by atoms with Gasteiger partial charge in [-0.25, -0.2) is 4.79 Å². The van der Waals surface area contributed by atoms with E-state index in [-0.39, 0.29) is 17.8 Å². The van der Waals surface area contributed by atoms with Gasteiger partial charge in [0.05, 0.1) is 45.1 Å². The van der Waals surface area contributed by atoms with Crippen molar-refractivity contribution in [2.24, 2.45) is 5.41 Å². The molecule has 0 aliphatic carbocycles. The summed E-state index contributed by atoms with van der Waals surface area (Å²) >= 11 is 4.95. The van der Waals surface area contributed by atoms with E-state index in [0.717, 1.165) is 47.9 Å². The quantitative estimate of drug-likeness (QED) is 0.107. The first kappa shape index (κ1) is 30.7. The van der Waals surface area contributed by atoms with Crippen molar-refractivity contribution in [3.05, 3.63) is 53.2 Å². The molecular weight excluding hydrogens is 586 g/mol. The molecule has 0 aromatic heterocycles. The zero-order valence-corrected chi connectivity index (χ0v) is 26.0. The molecule has 6 nitrogen and oxygen atoms in total. The normalized spacial score (nSPS) is 18.4. The third kappa shape index (κ3) is 6.84. The molecule has 0 fully saturated rings. The van der Waals surface area contributed by atoms with Crippen LogP contribution in [0, 0.1) is 5.41 Å². The SMILES string of the molecule is CCCCC1(CCCC)CNc2cc(SC)c(O/C=C/C(=O)OCC)cc2S(=O)(O)(c2ccc(Br)cc2)C1. The van der Waals surface area contributed by atoms with E-state index in [9.17, 15) is 9.35 Å². The van der Waals surface area contributed by atoms with Gasteiger partial charge >= 0.3 is 5.97 Å². The molecule has 38 heavy (non-hydrogen) atoms. The second kappa shape index (κ2) is 13.0. The molecule has 2 aromatic carbocycles. The molecule has 9 heteroatoms. The maximum atomic E-state index is 15.5. The number of hydrogen-bond acceptors (Lipinski definition) is 6. The molecule has 0 spiro atoms. The van der Waals surface area contributed by atoms with E-state index in [2.05, 4.69) is 35.1 Å². The molecule has 3 rings (SSSR count). The van der Waals surface area contributed by atoms with Crippen molar-refractivity contribution in [1.82, 2.24) is 0 Å². The minimum Gasteiger partial charge on any atom is -0.463 e. The van der Waals surface area contributed by atoms with Crippen molar-refractivity contribution in [2.45, 2.75) is 74.0 Å². The summed E-state index contributed by atoms with van der Waals surface area (Å²) in [5.41, 5.74) is 0.300. The number of fused-ring (bicyclic) bond motifs is 1. The van der Waals surface area contributed by atoms with Crippen molar-refractivity contribution < 1.29 is 23.0 Å². The average Bonchev–Trinajstić information content (AvgIpc) is 2.99. The molecule has 1 aliphatic heterocycles. The molecule has 1 heterocycles. The predicted molar refractivity (Wildman–Crippen MR) is 161 cm³/mol. The molecule has 0 saturated heterocycles. The first-order valence-corrected chi connectivity index (χ1v) is 17.3. The molecule has 0 saturated carbocycles. The van der Waals surface area contributed by atoms with E-state index >= 15 is 4.21 Å². The van der Waals surface area contributed by atoms with Crippen LogP contribution >= 0.6 is 27.7 Å². The standard InChI is InChI=1S/C29H40BrNO5S2/c1-5-8-15-29(16-9-6-2)20-31-24-18-26(37-4)25(36-17-14-28(32)35-7-3)19-27(24)38(33,34,21-29)23-12-10-22(30)11-13-23/h10-14,17-19,31H,5-9,15-16,20-21H2,1-4H3,(H,33,34)/b17-14+. The number of anilines is 1. The summed E-state index contributed by atoms with van der Waals surface area (Å²) < 4.78 is 39.8. The highest BCUT2D eigenvalue weighted by molar-refractivity contribution is 9.10. The first-order valence-electron chi connectivity index (χ1n) is 13.2. The largest absolute Gasteiger partial charge is 0.463 e. The summed E-state index contributed by atoms with van der Waals surface area (Å²) in [6.45, 7) is 6.95. The van der Waals surface area contributed by atoms with Crippen LogP contribution in [0.15, 0.2) is 67.9 Å². The summed E-state index contributed by atoms with van der Waals surface area (Å²) in [6, 6.07) is 10.7. The zero-order chi connectivity index (χ0) is 27.8. The van der Waals surface area contributed by atoms with Crippen molar-refractivity contribution in [1.29, 1.82) is 0 Å². The van der Waals surface area contributed by atoms with Crippen molar-refractivity contribution in [3.8, 4) is 5.75 Å². The zero-order valence-electron chi connectivity index (χ0n) is 22.8. The van der Waals surface area contributed by atoms with Gasteiger partial charge in [0.1, 0.15) is 5.75 Å². The highest BCUT2D eigenvalue weighted by Gasteiger charge is 2.47. The van der Waals surface area contributed by atoms with Crippen LogP contribution in [0.2, 0.25) is 0 Å². The number of unbranched alkanes of at least 4 members (excludes halogenated alkanes) is 2. The van der Waals surface area contributed by atoms with Gasteiger partial charge in [-0.15, -0.1) is 21.1 Å². The Balaban J connectivity index is 2.22. The lowest BCUT2D eigenvalue weighted by molar-refractivity contribution is -0.137. The smallest absolute Gasteiger partial charge is 0.333 e. The van der Waals surface area contributed by atoms with E-state index in [1.165, 1.54) is 24.1 Å². The van der Waals surface area contributed by atoms with Gasteiger partial charge in [0.25, 0.3) is 0 Å². The number of hydrogen-bond donors (Lipinski definition) is 2. The van der Waals surface area contributed by atoms with Gasteiger partial charge in [-0.1, -0.05) is 55.5 Å². The third-order valence-corrected chi connectivity index (χ3v) is 12.0. The van der Waals surface area contributed by atoms with E-state index in [1.807, 2.05) is 24.5 Å². The molecule has 0 amide bonds. The molecule has 1 aliphatic rings. The summed E-state index contributed by atoms with van der Waals surface area (Å²) in [7, 11) is -4.60. The number of benzene rings is 2. The van der Waals surface area contributed by atoms with Gasteiger partial charge in [0, 0.05) is 22.5 Å². The predicted octanol–water partition coefficient (Wildman–Crippen LogP) is 8.13. The van der Waals surface area contributed by atoms with Crippen LogP contribution < -0.4 is 10.1 Å². The Kier molecular flexibility index (Phi) is 10.5. The van der Waals surface area contributed by atoms with E-state index in [0.29, 0.717) is 27.8 Å². The Bertz CT molecular complexity index is 1210. The van der Waals surface area contributed by atoms with Crippen LogP contribution in [0.3, 0.4) is 0 Å². The number of thioether (sulfide) groups is 1. The fraction of sp³-hybridized carbons (Fsp3) is 0.483. The second-order valence-electron chi connectivity index (χ2n) is 9.89. The van der Waals surface area contributed by atoms with E-state index < -0.39 is 15.3 Å². The summed E-state index contributed by atoms with van der Waals surface area (Å²) in [6.07, 6.45) is 10.2. The molecule has 0 atom stereocenters. The highest BCUT2D eigenvalue weighted by atomic mass is 79.9.